The van der Waals surface area contributed by atoms with Crippen molar-refractivity contribution in [3.63, 3.8) is 0 Å². The van der Waals surface area contributed by atoms with Gasteiger partial charge in [-0.05, 0) is 58.3 Å². The van der Waals surface area contributed by atoms with E-state index in [4.69, 9.17) is 49.6 Å². The molecule has 0 N–H and O–H groups in total. The summed E-state index contributed by atoms with van der Waals surface area (Å²) in [5.74, 6) is 0.365. The predicted octanol–water partition coefficient (Wildman–Crippen LogP) is 6.89. The number of hydrogen-bond acceptors (Lipinski definition) is 7. The molecular weight excluding hydrogens is 597 g/mol. The van der Waals surface area contributed by atoms with Gasteiger partial charge in [0.15, 0.2) is 11.5 Å². The number of thioether (sulfide) groups is 1. The number of ether oxygens (including phenoxy) is 3. The molecule has 1 heterocycles. The molecule has 0 atom stereocenters. The summed E-state index contributed by atoms with van der Waals surface area (Å²) in [6.45, 7) is 2.67. The van der Waals surface area contributed by atoms with Crippen LogP contribution >= 0.6 is 63.1 Å². The van der Waals surface area contributed by atoms with Gasteiger partial charge < -0.3 is 14.2 Å². The van der Waals surface area contributed by atoms with Gasteiger partial charge in [-0.3, -0.25) is 14.5 Å². The van der Waals surface area contributed by atoms with Crippen LogP contribution in [0.4, 0.5) is 0 Å². The van der Waals surface area contributed by atoms with E-state index in [-0.39, 0.29) is 31.4 Å². The van der Waals surface area contributed by atoms with Crippen LogP contribution in [0.5, 0.6) is 11.5 Å². The molecule has 186 valence electrons. The first-order chi connectivity index (χ1) is 16.7. The van der Waals surface area contributed by atoms with Crippen LogP contribution < -0.4 is 9.47 Å². The first-order valence-corrected chi connectivity index (χ1v) is 13.4. The molecule has 6 nitrogen and oxygen atoms in total. The Morgan fingerprint density at radius 1 is 1.26 bits per heavy atom. The molecule has 2 aromatic carbocycles. The average molecular weight is 619 g/mol. The van der Waals surface area contributed by atoms with Crippen LogP contribution in [-0.4, -0.2) is 41.4 Å². The van der Waals surface area contributed by atoms with Gasteiger partial charge in [-0.15, -0.1) is 0 Å². The summed E-state index contributed by atoms with van der Waals surface area (Å²) in [6, 6.07) is 8.77. The number of rotatable bonds is 10. The normalized spacial score (nSPS) is 14.5. The molecule has 1 aliphatic heterocycles. The van der Waals surface area contributed by atoms with Gasteiger partial charge in [0.1, 0.15) is 10.9 Å². The predicted molar refractivity (Wildman–Crippen MR) is 147 cm³/mol. The summed E-state index contributed by atoms with van der Waals surface area (Å²) >= 11 is 22.3. The largest absolute Gasteiger partial charge is 0.493 e. The van der Waals surface area contributed by atoms with Crippen molar-refractivity contribution >= 4 is 85.4 Å². The third-order valence-electron chi connectivity index (χ3n) is 4.82. The second-order valence-corrected chi connectivity index (χ2v) is 10.7. The van der Waals surface area contributed by atoms with E-state index in [9.17, 15) is 9.59 Å². The Balaban J connectivity index is 1.73. The van der Waals surface area contributed by atoms with Crippen LogP contribution in [0.15, 0.2) is 39.7 Å². The van der Waals surface area contributed by atoms with Crippen LogP contribution in [0.25, 0.3) is 6.08 Å². The van der Waals surface area contributed by atoms with Crippen LogP contribution in [0, 0.1) is 0 Å². The number of esters is 1. The van der Waals surface area contributed by atoms with Crippen molar-refractivity contribution in [2.75, 3.05) is 20.3 Å². The monoisotopic (exact) mass is 617 g/mol. The second-order valence-electron chi connectivity index (χ2n) is 7.36. The number of carbonyl (C=O) groups excluding carboxylic acids is 2. The Morgan fingerprint density at radius 3 is 2.71 bits per heavy atom. The lowest BCUT2D eigenvalue weighted by atomic mass is 10.1. The van der Waals surface area contributed by atoms with Crippen molar-refractivity contribution in [3.05, 3.63) is 60.9 Å². The molecule has 11 heteroatoms. The third-order valence-corrected chi connectivity index (χ3v) is 7.37. The highest BCUT2D eigenvalue weighted by atomic mass is 79.9. The lowest BCUT2D eigenvalue weighted by Gasteiger charge is -2.15. The summed E-state index contributed by atoms with van der Waals surface area (Å²) in [4.78, 5) is 26.5. The molecule has 0 aromatic heterocycles. The van der Waals surface area contributed by atoms with Crippen molar-refractivity contribution in [2.24, 2.45) is 0 Å². The summed E-state index contributed by atoms with van der Waals surface area (Å²) in [5.41, 5.74) is 1.49. The van der Waals surface area contributed by atoms with E-state index >= 15 is 0 Å². The molecule has 1 amide bonds. The van der Waals surface area contributed by atoms with E-state index in [1.165, 1.54) is 23.8 Å². The SMILES string of the molecule is CCCOC(=O)CCN1C(=O)/C(=C/c2cc(Br)c(OCc3ccc(Cl)cc3Cl)c(OC)c2)SC1=S. The molecule has 35 heavy (non-hydrogen) atoms. The van der Waals surface area contributed by atoms with Crippen molar-refractivity contribution in [3.8, 4) is 11.5 Å². The van der Waals surface area contributed by atoms with Crippen molar-refractivity contribution in [1.82, 2.24) is 4.90 Å². The molecule has 1 saturated heterocycles. The van der Waals surface area contributed by atoms with Crippen molar-refractivity contribution in [1.29, 1.82) is 0 Å². The number of benzene rings is 2. The van der Waals surface area contributed by atoms with Gasteiger partial charge in [0.05, 0.1) is 29.5 Å². The summed E-state index contributed by atoms with van der Waals surface area (Å²) in [7, 11) is 1.53. The molecule has 0 spiro atoms. The fourth-order valence-electron chi connectivity index (χ4n) is 3.09. The summed E-state index contributed by atoms with van der Waals surface area (Å²) in [6.07, 6.45) is 2.55. The molecule has 3 rings (SSSR count). The Hall–Kier alpha value is -1.78. The molecular formula is C24H22BrCl2NO5S2. The van der Waals surface area contributed by atoms with E-state index in [1.54, 1.807) is 30.3 Å². The number of amides is 1. The number of hydrogen-bond donors (Lipinski definition) is 0. The zero-order valence-corrected chi connectivity index (χ0v) is 23.7. The van der Waals surface area contributed by atoms with Gasteiger partial charge in [0.2, 0.25) is 0 Å². The number of halogens is 3. The lowest BCUT2D eigenvalue weighted by molar-refractivity contribution is -0.143. The van der Waals surface area contributed by atoms with Crippen LogP contribution in [-0.2, 0) is 20.9 Å². The minimum Gasteiger partial charge on any atom is -0.493 e. The van der Waals surface area contributed by atoms with Gasteiger partial charge in [-0.1, -0.05) is 60.2 Å². The Bertz CT molecular complexity index is 1170. The quantitative estimate of drug-likeness (QED) is 0.163. The summed E-state index contributed by atoms with van der Waals surface area (Å²) in [5, 5.41) is 1.05. The molecule has 1 fully saturated rings. The highest BCUT2D eigenvalue weighted by Crippen LogP contribution is 2.40. The highest BCUT2D eigenvalue weighted by molar-refractivity contribution is 9.10. The zero-order valence-electron chi connectivity index (χ0n) is 18.9. The molecule has 0 radical (unpaired) electrons. The minimum absolute atomic E-state index is 0.0861. The average Bonchev–Trinajstić information content (AvgIpc) is 3.08. The number of methoxy groups -OCH3 is 1. The van der Waals surface area contributed by atoms with E-state index in [2.05, 4.69) is 15.9 Å². The van der Waals surface area contributed by atoms with E-state index in [0.717, 1.165) is 12.0 Å². The first-order valence-electron chi connectivity index (χ1n) is 10.6. The third kappa shape index (κ3) is 7.36. The molecule has 0 saturated carbocycles. The molecule has 0 aliphatic carbocycles. The van der Waals surface area contributed by atoms with Crippen LogP contribution in [0.1, 0.15) is 30.9 Å². The van der Waals surface area contributed by atoms with Crippen LogP contribution in [0.2, 0.25) is 10.0 Å². The minimum atomic E-state index is -0.353. The standard InChI is InChI=1S/C24H22BrCl2NO5S2/c1-3-8-32-21(29)6-7-28-23(30)20(35-24(28)34)11-14-9-17(25)22(19(10-14)31-2)33-13-15-4-5-16(26)12-18(15)27/h4-5,9-12H,3,6-8,13H2,1-2H3/b20-11-. The number of carbonyl (C=O) groups is 2. The topological polar surface area (TPSA) is 65.1 Å². The van der Waals surface area contributed by atoms with E-state index < -0.39 is 0 Å². The summed E-state index contributed by atoms with van der Waals surface area (Å²) < 4.78 is 17.6. The number of thiocarbonyl (C=S) groups is 1. The Morgan fingerprint density at radius 2 is 2.03 bits per heavy atom. The smallest absolute Gasteiger partial charge is 0.307 e. The maximum atomic E-state index is 12.9. The maximum absolute atomic E-state index is 12.9. The Kier molecular flexibility index (Phi) is 10.3. The highest BCUT2D eigenvalue weighted by Gasteiger charge is 2.32. The number of nitrogens with zero attached hydrogens (tertiary/aromatic N) is 1. The maximum Gasteiger partial charge on any atom is 0.307 e. The van der Waals surface area contributed by atoms with E-state index in [0.29, 0.717) is 47.4 Å². The van der Waals surface area contributed by atoms with Gasteiger partial charge in [0.25, 0.3) is 5.91 Å². The molecule has 1 aliphatic rings. The molecule has 0 bridgehead atoms. The van der Waals surface area contributed by atoms with Crippen LogP contribution in [0.3, 0.4) is 0 Å². The fourth-order valence-corrected chi connectivity index (χ4v) is 5.43. The Labute approximate surface area is 232 Å². The lowest BCUT2D eigenvalue weighted by Crippen LogP contribution is -2.30. The molecule has 2 aromatic rings. The van der Waals surface area contributed by atoms with Crippen molar-refractivity contribution < 1.29 is 23.8 Å². The second kappa shape index (κ2) is 13.0. The molecule has 0 unspecified atom stereocenters. The fraction of sp³-hybridized carbons (Fsp3) is 0.292. The first kappa shape index (κ1) is 27.8. The van der Waals surface area contributed by atoms with Gasteiger partial charge in [0, 0.05) is 22.2 Å². The van der Waals surface area contributed by atoms with Crippen molar-refractivity contribution in [2.45, 2.75) is 26.4 Å². The zero-order chi connectivity index (χ0) is 25.5. The van der Waals surface area contributed by atoms with E-state index in [1.807, 2.05) is 13.0 Å². The van der Waals surface area contributed by atoms with Gasteiger partial charge in [-0.2, -0.15) is 0 Å². The van der Waals surface area contributed by atoms with Gasteiger partial charge in [-0.25, -0.2) is 0 Å². The van der Waals surface area contributed by atoms with Gasteiger partial charge >= 0.3 is 5.97 Å².